The molecular weight excluding hydrogens is 306 g/mol. The minimum absolute atomic E-state index is 0.0915. The summed E-state index contributed by atoms with van der Waals surface area (Å²) in [5, 5.41) is 22.9. The van der Waals surface area contributed by atoms with Crippen LogP contribution in [-0.2, 0) is 0 Å². The molecule has 2 aromatic carbocycles. The minimum Gasteiger partial charge on any atom is -0.507 e. The molecule has 2 rings (SSSR count). The van der Waals surface area contributed by atoms with E-state index in [4.69, 9.17) is 0 Å². The molecule has 0 aliphatic carbocycles. The second-order valence-corrected chi connectivity index (χ2v) is 5.39. The van der Waals surface area contributed by atoms with Gasteiger partial charge in [-0.15, -0.1) is 0 Å². The van der Waals surface area contributed by atoms with Crippen LogP contribution in [-0.4, -0.2) is 10.2 Å². The number of hydrogen-bond acceptors (Lipinski definition) is 3. The zero-order valence-corrected chi connectivity index (χ0v) is 12.4. The highest BCUT2D eigenvalue weighted by Crippen LogP contribution is 2.34. The van der Waals surface area contributed by atoms with Gasteiger partial charge in [-0.1, -0.05) is 22.0 Å². The van der Waals surface area contributed by atoms with Crippen molar-refractivity contribution >= 4 is 21.6 Å². The Balaban J connectivity index is 2.25. The van der Waals surface area contributed by atoms with E-state index in [1.807, 2.05) is 32.0 Å². The van der Waals surface area contributed by atoms with E-state index < -0.39 is 0 Å². The second kappa shape index (κ2) is 5.53. The van der Waals surface area contributed by atoms with Crippen LogP contribution in [0.3, 0.4) is 0 Å². The van der Waals surface area contributed by atoms with Gasteiger partial charge in [-0.25, -0.2) is 0 Å². The molecule has 0 aromatic heterocycles. The largest absolute Gasteiger partial charge is 0.507 e. The predicted molar refractivity (Wildman–Crippen MR) is 80.7 cm³/mol. The number of nitrogens with one attached hydrogen (secondary N) is 1. The quantitative estimate of drug-likeness (QED) is 0.788. The third-order valence-electron chi connectivity index (χ3n) is 3.03. The van der Waals surface area contributed by atoms with Gasteiger partial charge in [0.15, 0.2) is 0 Å². The average molecular weight is 322 g/mol. The van der Waals surface area contributed by atoms with E-state index in [0.717, 1.165) is 15.7 Å². The summed E-state index contributed by atoms with van der Waals surface area (Å²) in [7, 11) is 0. The van der Waals surface area contributed by atoms with Gasteiger partial charge < -0.3 is 15.5 Å². The second-order valence-electron chi connectivity index (χ2n) is 4.54. The Morgan fingerprint density at radius 3 is 2.32 bits per heavy atom. The number of phenols is 2. The Kier molecular flexibility index (Phi) is 4.00. The van der Waals surface area contributed by atoms with Gasteiger partial charge in [0.2, 0.25) is 0 Å². The van der Waals surface area contributed by atoms with E-state index >= 15 is 0 Å². The van der Waals surface area contributed by atoms with Crippen molar-refractivity contribution in [2.24, 2.45) is 0 Å². The van der Waals surface area contributed by atoms with Gasteiger partial charge >= 0.3 is 0 Å². The van der Waals surface area contributed by atoms with E-state index in [-0.39, 0.29) is 17.5 Å². The molecule has 3 N–H and O–H groups in total. The SMILES string of the molecule is Cc1cc(NC(C)c2c(O)cccc2O)ccc1Br. The van der Waals surface area contributed by atoms with E-state index in [9.17, 15) is 10.2 Å². The molecule has 0 saturated carbocycles. The van der Waals surface area contributed by atoms with Gasteiger partial charge in [0.05, 0.1) is 11.6 Å². The topological polar surface area (TPSA) is 52.5 Å². The molecule has 0 spiro atoms. The van der Waals surface area contributed by atoms with Gasteiger partial charge in [-0.2, -0.15) is 0 Å². The molecular formula is C15H16BrNO2. The molecule has 1 atom stereocenters. The standard InChI is InChI=1S/C15H16BrNO2/c1-9-8-11(6-7-12(9)16)17-10(2)15-13(18)4-3-5-14(15)19/h3-8,10,17-19H,1-2H3. The first-order valence-electron chi connectivity index (χ1n) is 6.02. The molecule has 3 nitrogen and oxygen atoms in total. The maximum atomic E-state index is 9.83. The van der Waals surface area contributed by atoms with Gasteiger partial charge in [-0.3, -0.25) is 0 Å². The Hall–Kier alpha value is -1.68. The lowest BCUT2D eigenvalue weighted by Crippen LogP contribution is -2.07. The van der Waals surface area contributed by atoms with Gasteiger partial charge in [0.25, 0.3) is 0 Å². The first-order chi connectivity index (χ1) is 8.99. The highest BCUT2D eigenvalue weighted by Gasteiger charge is 2.14. The smallest absolute Gasteiger partial charge is 0.124 e. The van der Waals surface area contributed by atoms with E-state index in [1.54, 1.807) is 18.2 Å². The predicted octanol–water partition coefficient (Wildman–Crippen LogP) is 4.34. The number of rotatable bonds is 3. The number of benzene rings is 2. The Labute approximate surface area is 121 Å². The molecule has 0 fully saturated rings. The number of aromatic hydroxyl groups is 2. The van der Waals surface area contributed by atoms with Crippen LogP contribution in [0.1, 0.15) is 24.1 Å². The molecule has 4 heteroatoms. The van der Waals surface area contributed by atoms with Crippen molar-refractivity contribution in [2.75, 3.05) is 5.32 Å². The van der Waals surface area contributed by atoms with E-state index in [1.165, 1.54) is 0 Å². The van der Waals surface area contributed by atoms with Crippen LogP contribution in [0.4, 0.5) is 5.69 Å². The molecule has 0 amide bonds. The molecule has 2 aromatic rings. The lowest BCUT2D eigenvalue weighted by atomic mass is 10.1. The minimum atomic E-state index is -0.193. The zero-order valence-electron chi connectivity index (χ0n) is 10.8. The molecule has 0 radical (unpaired) electrons. The average Bonchev–Trinajstić information content (AvgIpc) is 2.33. The third-order valence-corrected chi connectivity index (χ3v) is 3.92. The van der Waals surface area contributed by atoms with E-state index in [0.29, 0.717) is 5.56 Å². The molecule has 0 bridgehead atoms. The maximum absolute atomic E-state index is 9.83. The van der Waals surface area contributed by atoms with Crippen molar-refractivity contribution < 1.29 is 10.2 Å². The number of hydrogen-bond donors (Lipinski definition) is 3. The summed E-state index contributed by atoms with van der Waals surface area (Å²) in [5.41, 5.74) is 2.57. The fraction of sp³-hybridized carbons (Fsp3) is 0.200. The fourth-order valence-electron chi connectivity index (χ4n) is 2.04. The van der Waals surface area contributed by atoms with Crippen LogP contribution >= 0.6 is 15.9 Å². The number of halogens is 1. The van der Waals surface area contributed by atoms with Crippen LogP contribution in [0.5, 0.6) is 11.5 Å². The van der Waals surface area contributed by atoms with Crippen molar-refractivity contribution in [1.29, 1.82) is 0 Å². The highest BCUT2D eigenvalue weighted by atomic mass is 79.9. The summed E-state index contributed by atoms with van der Waals surface area (Å²) in [5.74, 6) is 0.183. The lowest BCUT2D eigenvalue weighted by Gasteiger charge is -2.18. The summed E-state index contributed by atoms with van der Waals surface area (Å²) in [6.45, 7) is 3.91. The van der Waals surface area contributed by atoms with Crippen LogP contribution in [0.15, 0.2) is 40.9 Å². The molecule has 1 unspecified atom stereocenters. The fourth-order valence-corrected chi connectivity index (χ4v) is 2.29. The lowest BCUT2D eigenvalue weighted by molar-refractivity contribution is 0.434. The summed E-state index contributed by atoms with van der Waals surface area (Å²) in [6.07, 6.45) is 0. The van der Waals surface area contributed by atoms with Crippen LogP contribution in [0.25, 0.3) is 0 Å². The van der Waals surface area contributed by atoms with Crippen molar-refractivity contribution in [3.8, 4) is 11.5 Å². The Morgan fingerprint density at radius 2 is 1.74 bits per heavy atom. The number of phenolic OH excluding ortho intramolecular Hbond substituents is 2. The summed E-state index contributed by atoms with van der Waals surface area (Å²) in [4.78, 5) is 0. The normalized spacial score (nSPS) is 12.2. The summed E-state index contributed by atoms with van der Waals surface area (Å²) >= 11 is 3.46. The van der Waals surface area contributed by atoms with Crippen LogP contribution in [0, 0.1) is 6.92 Å². The van der Waals surface area contributed by atoms with Crippen molar-refractivity contribution in [3.63, 3.8) is 0 Å². The van der Waals surface area contributed by atoms with Crippen molar-refractivity contribution in [3.05, 3.63) is 52.0 Å². The molecule has 0 saturated heterocycles. The Bertz CT molecular complexity index is 578. The monoisotopic (exact) mass is 321 g/mol. The first-order valence-corrected chi connectivity index (χ1v) is 6.82. The Morgan fingerprint density at radius 1 is 1.11 bits per heavy atom. The van der Waals surface area contributed by atoms with Crippen LogP contribution in [0.2, 0.25) is 0 Å². The summed E-state index contributed by atoms with van der Waals surface area (Å²) < 4.78 is 1.05. The number of anilines is 1. The van der Waals surface area contributed by atoms with Crippen LogP contribution < -0.4 is 5.32 Å². The molecule has 100 valence electrons. The third kappa shape index (κ3) is 3.01. The zero-order chi connectivity index (χ0) is 14.0. The molecule has 0 heterocycles. The first kappa shape index (κ1) is 13.7. The molecule has 0 aliphatic heterocycles. The van der Waals surface area contributed by atoms with Gasteiger partial charge in [-0.05, 0) is 49.7 Å². The van der Waals surface area contributed by atoms with Crippen molar-refractivity contribution in [2.45, 2.75) is 19.9 Å². The van der Waals surface area contributed by atoms with E-state index in [2.05, 4.69) is 21.2 Å². The van der Waals surface area contributed by atoms with Gasteiger partial charge in [0.1, 0.15) is 11.5 Å². The number of aryl methyl sites for hydroxylation is 1. The van der Waals surface area contributed by atoms with Gasteiger partial charge in [0, 0.05) is 10.2 Å². The van der Waals surface area contributed by atoms with Crippen molar-refractivity contribution in [1.82, 2.24) is 0 Å². The molecule has 19 heavy (non-hydrogen) atoms. The molecule has 0 aliphatic rings. The summed E-state index contributed by atoms with van der Waals surface area (Å²) in [6, 6.07) is 10.5. The maximum Gasteiger partial charge on any atom is 0.124 e. The highest BCUT2D eigenvalue weighted by molar-refractivity contribution is 9.10.